The average Bonchev–Trinajstić information content (AvgIpc) is 2.76. The van der Waals surface area contributed by atoms with Crippen LogP contribution < -0.4 is 10.1 Å². The lowest BCUT2D eigenvalue weighted by atomic mass is 10.2. The smallest absolute Gasteiger partial charge is 0.134 e. The first-order chi connectivity index (χ1) is 8.70. The number of hydrogen-bond acceptors (Lipinski definition) is 4. The number of nitrogens with one attached hydrogen (secondary N) is 1. The van der Waals surface area contributed by atoms with Gasteiger partial charge in [-0.1, -0.05) is 22.8 Å². The molecule has 0 atom stereocenters. The molecule has 0 unspecified atom stereocenters. The third kappa shape index (κ3) is 3.03. The first-order valence-corrected chi connectivity index (χ1v) is 6.05. The van der Waals surface area contributed by atoms with E-state index in [-0.39, 0.29) is 0 Å². The fourth-order valence-corrected chi connectivity index (χ4v) is 1.89. The molecule has 4 nitrogen and oxygen atoms in total. The standard InChI is InChI=1S/C13H15ClN2O2/c1-9-6-10(16-18-9)8-17-13-5-3-4-12(14)11(13)7-15-2/h3-6,15H,7-8H2,1-2H3. The molecule has 0 aliphatic rings. The highest BCUT2D eigenvalue weighted by atomic mass is 35.5. The molecule has 5 heteroatoms. The minimum absolute atomic E-state index is 0.369. The van der Waals surface area contributed by atoms with Crippen molar-refractivity contribution in [2.45, 2.75) is 20.1 Å². The molecule has 1 aromatic carbocycles. The summed E-state index contributed by atoms with van der Waals surface area (Å²) in [7, 11) is 1.87. The molecule has 0 bridgehead atoms. The molecule has 0 spiro atoms. The maximum Gasteiger partial charge on any atom is 0.134 e. The first kappa shape index (κ1) is 12.9. The summed E-state index contributed by atoms with van der Waals surface area (Å²) in [6, 6.07) is 7.46. The van der Waals surface area contributed by atoms with Gasteiger partial charge in [0.2, 0.25) is 0 Å². The van der Waals surface area contributed by atoms with E-state index in [4.69, 9.17) is 20.9 Å². The number of ether oxygens (including phenoxy) is 1. The topological polar surface area (TPSA) is 47.3 Å². The summed E-state index contributed by atoms with van der Waals surface area (Å²) in [6.45, 7) is 2.88. The monoisotopic (exact) mass is 266 g/mol. The summed E-state index contributed by atoms with van der Waals surface area (Å²) < 4.78 is 10.7. The number of aromatic nitrogens is 1. The molecule has 96 valence electrons. The van der Waals surface area contributed by atoms with E-state index in [9.17, 15) is 0 Å². The summed E-state index contributed by atoms with van der Waals surface area (Å²) in [5.74, 6) is 1.53. The Morgan fingerprint density at radius 3 is 2.94 bits per heavy atom. The molecule has 1 heterocycles. The highest BCUT2D eigenvalue weighted by molar-refractivity contribution is 6.31. The van der Waals surface area contributed by atoms with Crippen LogP contribution in [0.25, 0.3) is 0 Å². The van der Waals surface area contributed by atoms with Gasteiger partial charge in [-0.25, -0.2) is 0 Å². The Labute approximate surface area is 111 Å². The van der Waals surface area contributed by atoms with E-state index in [1.54, 1.807) is 0 Å². The molecule has 0 amide bonds. The molecule has 0 aliphatic heterocycles. The van der Waals surface area contributed by atoms with Gasteiger partial charge in [-0.2, -0.15) is 0 Å². The van der Waals surface area contributed by atoms with E-state index in [0.717, 1.165) is 22.8 Å². The molecular formula is C13H15ClN2O2. The number of aryl methyl sites for hydroxylation is 1. The van der Waals surface area contributed by atoms with Gasteiger partial charge in [-0.15, -0.1) is 0 Å². The fraction of sp³-hybridized carbons (Fsp3) is 0.308. The van der Waals surface area contributed by atoms with Crippen molar-refractivity contribution in [1.29, 1.82) is 0 Å². The van der Waals surface area contributed by atoms with Crippen LogP contribution in [-0.2, 0) is 13.2 Å². The van der Waals surface area contributed by atoms with Crippen molar-refractivity contribution in [1.82, 2.24) is 10.5 Å². The van der Waals surface area contributed by atoms with Crippen LogP contribution in [0.5, 0.6) is 5.75 Å². The maximum absolute atomic E-state index is 6.14. The summed E-state index contributed by atoms with van der Waals surface area (Å²) in [6.07, 6.45) is 0. The summed E-state index contributed by atoms with van der Waals surface area (Å²) in [5.41, 5.74) is 1.71. The second-order valence-corrected chi connectivity index (χ2v) is 4.37. The first-order valence-electron chi connectivity index (χ1n) is 5.67. The van der Waals surface area contributed by atoms with Crippen LogP contribution >= 0.6 is 11.6 Å². The molecule has 18 heavy (non-hydrogen) atoms. The third-order valence-corrected chi connectivity index (χ3v) is 2.84. The molecule has 1 aromatic heterocycles. The zero-order valence-corrected chi connectivity index (χ0v) is 11.1. The van der Waals surface area contributed by atoms with E-state index < -0.39 is 0 Å². The SMILES string of the molecule is CNCc1c(Cl)cccc1OCc1cc(C)on1. The Morgan fingerprint density at radius 2 is 2.28 bits per heavy atom. The van der Waals surface area contributed by atoms with Crippen LogP contribution in [0.1, 0.15) is 17.0 Å². The molecule has 0 fully saturated rings. The van der Waals surface area contributed by atoms with E-state index >= 15 is 0 Å². The number of halogens is 1. The normalized spacial score (nSPS) is 10.6. The zero-order valence-electron chi connectivity index (χ0n) is 10.4. The van der Waals surface area contributed by atoms with Crippen LogP contribution in [0.15, 0.2) is 28.8 Å². The zero-order chi connectivity index (χ0) is 13.0. The molecular weight excluding hydrogens is 252 g/mol. The van der Waals surface area contributed by atoms with Gasteiger partial charge in [0.1, 0.15) is 23.8 Å². The predicted octanol–water partition coefficient (Wildman–Crippen LogP) is 2.93. The van der Waals surface area contributed by atoms with Crippen molar-refractivity contribution in [3.63, 3.8) is 0 Å². The number of nitrogens with zero attached hydrogens (tertiary/aromatic N) is 1. The van der Waals surface area contributed by atoms with Crippen LogP contribution in [0.2, 0.25) is 5.02 Å². The summed E-state index contributed by atoms with van der Waals surface area (Å²) >= 11 is 6.14. The Bertz CT molecular complexity index is 525. The quantitative estimate of drug-likeness (QED) is 0.904. The highest BCUT2D eigenvalue weighted by Gasteiger charge is 2.08. The number of benzene rings is 1. The minimum atomic E-state index is 0.369. The molecule has 2 rings (SSSR count). The second kappa shape index (κ2) is 5.89. The van der Waals surface area contributed by atoms with Crippen LogP contribution in [0, 0.1) is 6.92 Å². The molecule has 2 aromatic rings. The molecule has 1 N–H and O–H groups in total. The van der Waals surface area contributed by atoms with Crippen LogP contribution in [0.4, 0.5) is 0 Å². The van der Waals surface area contributed by atoms with Gasteiger partial charge >= 0.3 is 0 Å². The van der Waals surface area contributed by atoms with Gasteiger partial charge in [-0.3, -0.25) is 0 Å². The van der Waals surface area contributed by atoms with Gasteiger partial charge in [0.15, 0.2) is 0 Å². The Morgan fingerprint density at radius 1 is 1.44 bits per heavy atom. The Hall–Kier alpha value is -1.52. The largest absolute Gasteiger partial charge is 0.487 e. The lowest BCUT2D eigenvalue weighted by Gasteiger charge is -2.11. The lowest BCUT2D eigenvalue weighted by Crippen LogP contribution is -2.08. The Balaban J connectivity index is 2.11. The van der Waals surface area contributed by atoms with Gasteiger partial charge in [0.05, 0.1) is 0 Å². The van der Waals surface area contributed by atoms with Crippen molar-refractivity contribution in [3.05, 3.63) is 46.3 Å². The van der Waals surface area contributed by atoms with Crippen molar-refractivity contribution in [2.24, 2.45) is 0 Å². The van der Waals surface area contributed by atoms with E-state index in [2.05, 4.69) is 10.5 Å². The minimum Gasteiger partial charge on any atom is -0.487 e. The van der Waals surface area contributed by atoms with Crippen molar-refractivity contribution < 1.29 is 9.26 Å². The summed E-state index contributed by atoms with van der Waals surface area (Å²) in [4.78, 5) is 0. The Kier molecular flexibility index (Phi) is 4.23. The fourth-order valence-electron chi connectivity index (χ4n) is 1.66. The van der Waals surface area contributed by atoms with Gasteiger partial charge in [0, 0.05) is 23.2 Å². The van der Waals surface area contributed by atoms with Gasteiger partial charge < -0.3 is 14.6 Å². The molecule has 0 saturated carbocycles. The van der Waals surface area contributed by atoms with Crippen molar-refractivity contribution >= 4 is 11.6 Å². The van der Waals surface area contributed by atoms with E-state index in [1.165, 1.54) is 0 Å². The maximum atomic E-state index is 6.14. The van der Waals surface area contributed by atoms with E-state index in [0.29, 0.717) is 18.2 Å². The van der Waals surface area contributed by atoms with Crippen LogP contribution in [-0.4, -0.2) is 12.2 Å². The number of hydrogen-bond donors (Lipinski definition) is 1. The lowest BCUT2D eigenvalue weighted by molar-refractivity contribution is 0.285. The van der Waals surface area contributed by atoms with Crippen molar-refractivity contribution in [2.75, 3.05) is 7.05 Å². The summed E-state index contributed by atoms with van der Waals surface area (Å²) in [5, 5.41) is 7.64. The van der Waals surface area contributed by atoms with E-state index in [1.807, 2.05) is 38.2 Å². The highest BCUT2D eigenvalue weighted by Crippen LogP contribution is 2.26. The van der Waals surface area contributed by atoms with Gasteiger partial charge in [-0.05, 0) is 26.1 Å². The average molecular weight is 267 g/mol. The predicted molar refractivity (Wildman–Crippen MR) is 69.8 cm³/mol. The van der Waals surface area contributed by atoms with Gasteiger partial charge in [0.25, 0.3) is 0 Å². The second-order valence-electron chi connectivity index (χ2n) is 3.96. The molecule has 0 saturated heterocycles. The van der Waals surface area contributed by atoms with Crippen LogP contribution in [0.3, 0.4) is 0 Å². The van der Waals surface area contributed by atoms with Crippen molar-refractivity contribution in [3.8, 4) is 5.75 Å². The number of rotatable bonds is 5. The molecule has 0 radical (unpaired) electrons. The third-order valence-electron chi connectivity index (χ3n) is 2.48. The molecule has 0 aliphatic carbocycles.